The molecule has 0 aromatic heterocycles. The lowest BCUT2D eigenvalue weighted by Crippen LogP contribution is -2.34. The fourth-order valence-electron chi connectivity index (χ4n) is 2.35. The van der Waals surface area contributed by atoms with Gasteiger partial charge in [-0.25, -0.2) is 13.8 Å². The summed E-state index contributed by atoms with van der Waals surface area (Å²) in [7, 11) is 0. The van der Waals surface area contributed by atoms with Crippen molar-refractivity contribution < 1.29 is 18.4 Å². The van der Waals surface area contributed by atoms with Crippen molar-refractivity contribution in [3.8, 4) is 6.07 Å². The molecule has 0 spiro atoms. The average molecular weight is 294 g/mol. The molecule has 0 saturated carbocycles. The quantitative estimate of drug-likeness (QED) is 0.857. The lowest BCUT2D eigenvalue weighted by atomic mass is 10.0. The second kappa shape index (κ2) is 6.64. The first-order chi connectivity index (χ1) is 10.0. The van der Waals surface area contributed by atoms with Crippen LogP contribution in [0.25, 0.3) is 0 Å². The predicted molar refractivity (Wildman–Crippen MR) is 71.1 cm³/mol. The van der Waals surface area contributed by atoms with Crippen LogP contribution in [0, 0.1) is 17.2 Å². The van der Waals surface area contributed by atoms with E-state index >= 15 is 0 Å². The Morgan fingerprint density at radius 2 is 2.14 bits per heavy atom. The van der Waals surface area contributed by atoms with Crippen LogP contribution in [-0.2, 0) is 9.63 Å². The zero-order valence-corrected chi connectivity index (χ0v) is 11.6. The maximum absolute atomic E-state index is 12.4. The van der Waals surface area contributed by atoms with E-state index < -0.39 is 24.7 Å². The Labute approximate surface area is 121 Å². The molecule has 1 aromatic carbocycles. The molecule has 0 bridgehead atoms. The van der Waals surface area contributed by atoms with Gasteiger partial charge in [-0.05, 0) is 17.7 Å². The zero-order chi connectivity index (χ0) is 15.4. The lowest BCUT2D eigenvalue weighted by Gasteiger charge is -2.25. The Kier molecular flexibility index (Phi) is 4.86. The molecule has 0 radical (unpaired) electrons. The molecule has 1 saturated heterocycles. The van der Waals surface area contributed by atoms with Crippen LogP contribution < -0.4 is 0 Å². The second-order valence-corrected chi connectivity index (χ2v) is 5.06. The summed E-state index contributed by atoms with van der Waals surface area (Å²) in [5, 5.41) is 9.98. The molecule has 0 unspecified atom stereocenters. The second-order valence-electron chi connectivity index (χ2n) is 5.06. The summed E-state index contributed by atoms with van der Waals surface area (Å²) < 4.78 is 24.8. The first-order valence-corrected chi connectivity index (χ1v) is 6.77. The van der Waals surface area contributed by atoms with Gasteiger partial charge in [-0.15, -0.1) is 0 Å². The van der Waals surface area contributed by atoms with E-state index in [-0.39, 0.29) is 6.04 Å². The van der Waals surface area contributed by atoms with E-state index in [1.54, 1.807) is 24.3 Å². The minimum Gasteiger partial charge on any atom is -0.272 e. The molecular formula is C15H16F2N2O2. The number of halogens is 2. The molecule has 1 aliphatic heterocycles. The Bertz CT molecular complexity index is 540. The molecule has 0 aliphatic carbocycles. The Morgan fingerprint density at radius 1 is 1.48 bits per heavy atom. The van der Waals surface area contributed by atoms with Gasteiger partial charge in [-0.3, -0.25) is 9.63 Å². The van der Waals surface area contributed by atoms with Crippen LogP contribution in [0.15, 0.2) is 24.3 Å². The molecule has 1 amide bonds. The van der Waals surface area contributed by atoms with Crippen LogP contribution in [-0.4, -0.2) is 24.0 Å². The van der Waals surface area contributed by atoms with E-state index in [1.807, 2.05) is 6.07 Å². The number of carbonyl (C=O) groups excluding carboxylic acids is 1. The summed E-state index contributed by atoms with van der Waals surface area (Å²) in [6.07, 6.45) is -2.38. The van der Waals surface area contributed by atoms with Crippen molar-refractivity contribution in [3.05, 3.63) is 35.4 Å². The monoisotopic (exact) mass is 294 g/mol. The molecule has 1 aromatic rings. The molecule has 21 heavy (non-hydrogen) atoms. The SMILES string of the molecule is C[C@H](CC(F)F)C(=O)N1OCC[C@H]1c1ccc(C#N)cc1. The summed E-state index contributed by atoms with van der Waals surface area (Å²) in [5.74, 6) is -1.22. The first-order valence-electron chi connectivity index (χ1n) is 6.77. The highest BCUT2D eigenvalue weighted by molar-refractivity contribution is 5.78. The topological polar surface area (TPSA) is 53.3 Å². The van der Waals surface area contributed by atoms with Gasteiger partial charge < -0.3 is 0 Å². The highest BCUT2D eigenvalue weighted by Crippen LogP contribution is 2.32. The van der Waals surface area contributed by atoms with E-state index in [2.05, 4.69) is 0 Å². The highest BCUT2D eigenvalue weighted by Gasteiger charge is 2.34. The van der Waals surface area contributed by atoms with Gasteiger partial charge in [0.05, 0.1) is 24.3 Å². The highest BCUT2D eigenvalue weighted by atomic mass is 19.3. The molecule has 1 heterocycles. The third-order valence-electron chi connectivity index (χ3n) is 3.50. The number of amides is 1. The van der Waals surface area contributed by atoms with Crippen LogP contribution in [0.1, 0.15) is 36.9 Å². The van der Waals surface area contributed by atoms with Gasteiger partial charge in [0.1, 0.15) is 0 Å². The molecule has 1 aliphatic rings. The van der Waals surface area contributed by atoms with Crippen LogP contribution in [0.3, 0.4) is 0 Å². The van der Waals surface area contributed by atoms with E-state index in [4.69, 9.17) is 10.1 Å². The van der Waals surface area contributed by atoms with Crippen molar-refractivity contribution in [1.29, 1.82) is 5.26 Å². The van der Waals surface area contributed by atoms with Gasteiger partial charge in [-0.2, -0.15) is 5.26 Å². The summed E-state index contributed by atoms with van der Waals surface area (Å²) >= 11 is 0. The molecule has 2 rings (SSSR count). The Morgan fingerprint density at radius 3 is 2.71 bits per heavy atom. The van der Waals surface area contributed by atoms with Gasteiger partial charge in [-0.1, -0.05) is 19.1 Å². The summed E-state index contributed by atoms with van der Waals surface area (Å²) in [5.41, 5.74) is 1.37. The number of hydrogen-bond acceptors (Lipinski definition) is 3. The van der Waals surface area contributed by atoms with Crippen LogP contribution >= 0.6 is 0 Å². The minimum absolute atomic E-state index is 0.287. The molecule has 2 atom stereocenters. The van der Waals surface area contributed by atoms with E-state index in [0.29, 0.717) is 18.6 Å². The van der Waals surface area contributed by atoms with Crippen molar-refractivity contribution in [2.75, 3.05) is 6.61 Å². The molecule has 112 valence electrons. The number of rotatable bonds is 4. The maximum atomic E-state index is 12.4. The third kappa shape index (κ3) is 3.56. The van der Waals surface area contributed by atoms with Crippen LogP contribution in [0.4, 0.5) is 8.78 Å². The number of hydrogen-bond donors (Lipinski definition) is 0. The average Bonchev–Trinajstić information content (AvgIpc) is 2.95. The van der Waals surface area contributed by atoms with Crippen LogP contribution in [0.5, 0.6) is 0 Å². The van der Waals surface area contributed by atoms with Crippen LogP contribution in [0.2, 0.25) is 0 Å². The van der Waals surface area contributed by atoms with Crippen molar-refractivity contribution in [2.24, 2.45) is 5.92 Å². The third-order valence-corrected chi connectivity index (χ3v) is 3.50. The minimum atomic E-state index is -2.51. The molecule has 6 heteroatoms. The fourth-order valence-corrected chi connectivity index (χ4v) is 2.35. The molecule has 1 fully saturated rings. The summed E-state index contributed by atoms with van der Waals surface area (Å²) in [4.78, 5) is 17.5. The van der Waals surface area contributed by atoms with E-state index in [1.165, 1.54) is 12.0 Å². The number of carbonyl (C=O) groups is 1. The van der Waals surface area contributed by atoms with Gasteiger partial charge in [0, 0.05) is 18.8 Å². The van der Waals surface area contributed by atoms with E-state index in [0.717, 1.165) is 5.56 Å². The Balaban J connectivity index is 2.12. The smallest absolute Gasteiger partial charge is 0.249 e. The van der Waals surface area contributed by atoms with Crippen molar-refractivity contribution in [2.45, 2.75) is 32.2 Å². The number of nitriles is 1. The molecule has 4 nitrogen and oxygen atoms in total. The molecule has 0 N–H and O–H groups in total. The maximum Gasteiger partial charge on any atom is 0.249 e. The van der Waals surface area contributed by atoms with Crippen molar-refractivity contribution in [3.63, 3.8) is 0 Å². The number of hydroxylamine groups is 2. The zero-order valence-electron chi connectivity index (χ0n) is 11.6. The number of nitrogens with zero attached hydrogens (tertiary/aromatic N) is 2. The summed E-state index contributed by atoms with van der Waals surface area (Å²) in [6, 6.07) is 8.59. The van der Waals surface area contributed by atoms with Crippen molar-refractivity contribution >= 4 is 5.91 Å². The first kappa shape index (κ1) is 15.4. The van der Waals surface area contributed by atoms with Gasteiger partial charge >= 0.3 is 0 Å². The van der Waals surface area contributed by atoms with E-state index in [9.17, 15) is 13.6 Å². The van der Waals surface area contributed by atoms with Crippen molar-refractivity contribution in [1.82, 2.24) is 5.06 Å². The number of alkyl halides is 2. The van der Waals surface area contributed by atoms with Gasteiger partial charge in [0.2, 0.25) is 12.3 Å². The Hall–Kier alpha value is -2.00. The van der Waals surface area contributed by atoms with Gasteiger partial charge in [0.25, 0.3) is 0 Å². The lowest BCUT2D eigenvalue weighted by molar-refractivity contribution is -0.182. The summed E-state index contributed by atoms with van der Waals surface area (Å²) in [6.45, 7) is 1.85. The number of benzene rings is 1. The largest absolute Gasteiger partial charge is 0.272 e. The normalized spacial score (nSPS) is 19.6. The van der Waals surface area contributed by atoms with Gasteiger partial charge in [0.15, 0.2) is 0 Å². The predicted octanol–water partition coefficient (Wildman–Crippen LogP) is 3.05. The molecular weight excluding hydrogens is 278 g/mol. The fraction of sp³-hybridized carbons (Fsp3) is 0.467. The standard InChI is InChI=1S/C15H16F2N2O2/c1-10(8-14(16)17)15(20)19-13(6-7-21-19)12-4-2-11(9-18)3-5-12/h2-5,10,13-14H,6-8H2,1H3/t10-,13+/m1/s1.